The summed E-state index contributed by atoms with van der Waals surface area (Å²) < 4.78 is 21.3. The molecule has 4 rings (SSSR count). The number of fused-ring (bicyclic) bond motifs is 1. The number of rotatable bonds is 4. The highest BCUT2D eigenvalue weighted by Crippen LogP contribution is 2.25. The maximum Gasteiger partial charge on any atom is 0.334 e. The van der Waals surface area contributed by atoms with Crippen molar-refractivity contribution in [1.29, 1.82) is 0 Å². The summed E-state index contributed by atoms with van der Waals surface area (Å²) >= 11 is 2.12. The van der Waals surface area contributed by atoms with Crippen LogP contribution in [0.25, 0.3) is 0 Å². The minimum atomic E-state index is -0.323. The molecule has 2 aromatic carbocycles. The highest BCUT2D eigenvalue weighted by atomic mass is 127. The summed E-state index contributed by atoms with van der Waals surface area (Å²) in [5.41, 5.74) is 1.41. The predicted molar refractivity (Wildman–Crippen MR) is 104 cm³/mol. The summed E-state index contributed by atoms with van der Waals surface area (Å²) in [5, 5.41) is 0. The van der Waals surface area contributed by atoms with E-state index >= 15 is 0 Å². The Labute approximate surface area is 163 Å². The summed E-state index contributed by atoms with van der Waals surface area (Å²) in [7, 11) is 0. The van der Waals surface area contributed by atoms with Gasteiger partial charge in [-0.15, -0.1) is 0 Å². The Bertz CT molecular complexity index is 941. The van der Waals surface area contributed by atoms with Crippen LogP contribution in [0.1, 0.15) is 11.5 Å². The van der Waals surface area contributed by atoms with E-state index in [4.69, 9.17) is 4.74 Å². The average molecular weight is 463 g/mol. The van der Waals surface area contributed by atoms with Crippen LogP contribution in [-0.2, 0) is 13.0 Å². The molecular weight excluding hydrogens is 448 g/mol. The van der Waals surface area contributed by atoms with Gasteiger partial charge < -0.3 is 4.74 Å². The second-order valence-electron chi connectivity index (χ2n) is 5.86. The summed E-state index contributed by atoms with van der Waals surface area (Å²) in [5.74, 6) is 1.16. The molecule has 0 saturated carbocycles. The number of imidazole rings is 1. The fourth-order valence-electron chi connectivity index (χ4n) is 2.91. The number of hydrogen-bond acceptors (Lipinski definition) is 3. The molecule has 0 aliphatic carbocycles. The fraction of sp³-hybridized carbons (Fsp3) is 0.158. The molecule has 5 nitrogen and oxygen atoms in total. The summed E-state index contributed by atoms with van der Waals surface area (Å²) in [6, 6.07) is 15.3. The van der Waals surface area contributed by atoms with Crippen molar-refractivity contribution in [3.8, 4) is 5.75 Å². The topological polar surface area (TPSA) is 47.4 Å². The number of nitrogens with zero attached hydrogens (tertiary/aromatic N) is 3. The molecule has 1 aromatic heterocycles. The molecule has 0 fully saturated rings. The number of hydrogen-bond donors (Lipinski definition) is 0. The Morgan fingerprint density at radius 3 is 2.58 bits per heavy atom. The van der Waals surface area contributed by atoms with Gasteiger partial charge in [0, 0.05) is 18.7 Å². The zero-order valence-corrected chi connectivity index (χ0v) is 15.9. The van der Waals surface area contributed by atoms with Crippen molar-refractivity contribution in [2.45, 2.75) is 13.0 Å². The van der Waals surface area contributed by atoms with E-state index < -0.39 is 0 Å². The molecule has 7 heteroatoms. The maximum atomic E-state index is 13.1. The van der Waals surface area contributed by atoms with Gasteiger partial charge in [-0.1, -0.05) is 18.2 Å². The van der Waals surface area contributed by atoms with Gasteiger partial charge in [0.15, 0.2) is 0 Å². The number of halogens is 2. The van der Waals surface area contributed by atoms with E-state index in [-0.39, 0.29) is 11.8 Å². The average Bonchev–Trinajstić information content (AvgIpc) is 2.99. The van der Waals surface area contributed by atoms with Crippen molar-refractivity contribution in [2.75, 3.05) is 11.4 Å². The lowest BCUT2D eigenvalue weighted by molar-refractivity contribution is 0.244. The van der Waals surface area contributed by atoms with Crippen molar-refractivity contribution >= 4 is 34.3 Å². The van der Waals surface area contributed by atoms with E-state index in [1.165, 1.54) is 12.1 Å². The number of para-hydroxylation sites is 1. The molecule has 0 spiro atoms. The first-order chi connectivity index (χ1) is 12.6. The van der Waals surface area contributed by atoms with Gasteiger partial charge in [-0.05, 0) is 59.0 Å². The molecule has 0 saturated heterocycles. The minimum absolute atomic E-state index is 0.180. The van der Waals surface area contributed by atoms with Gasteiger partial charge in [-0.3, -0.25) is 4.90 Å². The van der Waals surface area contributed by atoms with Gasteiger partial charge in [-0.25, -0.2) is 18.7 Å². The van der Waals surface area contributed by atoms with Crippen LogP contribution in [0.4, 0.5) is 14.9 Å². The smallest absolute Gasteiger partial charge is 0.334 e. The molecule has 0 radical (unpaired) electrons. The summed E-state index contributed by atoms with van der Waals surface area (Å²) in [4.78, 5) is 19.1. The van der Waals surface area contributed by atoms with Gasteiger partial charge in [0.25, 0.3) is 0 Å². The van der Waals surface area contributed by atoms with Crippen LogP contribution in [0.5, 0.6) is 5.75 Å². The van der Waals surface area contributed by atoms with E-state index in [2.05, 4.69) is 27.6 Å². The molecule has 2 heterocycles. The largest absolute Gasteiger partial charge is 0.487 e. The van der Waals surface area contributed by atoms with Crippen LogP contribution in [-0.4, -0.2) is 22.1 Å². The van der Waals surface area contributed by atoms with Gasteiger partial charge in [0.2, 0.25) is 0 Å². The van der Waals surface area contributed by atoms with Crippen LogP contribution >= 0.6 is 22.6 Å². The third kappa shape index (κ3) is 3.18. The Morgan fingerprint density at radius 2 is 1.85 bits per heavy atom. The third-order valence-corrected chi connectivity index (χ3v) is 5.30. The van der Waals surface area contributed by atoms with Crippen molar-refractivity contribution in [3.63, 3.8) is 0 Å². The van der Waals surface area contributed by atoms with Gasteiger partial charge in [-0.2, -0.15) is 0 Å². The van der Waals surface area contributed by atoms with E-state index in [9.17, 15) is 9.18 Å². The number of carbonyl (C=O) groups excluding carboxylic acids is 1. The molecule has 0 atom stereocenters. The van der Waals surface area contributed by atoms with Crippen molar-refractivity contribution in [3.05, 3.63) is 75.6 Å². The predicted octanol–water partition coefficient (Wildman–Crippen LogP) is 4.24. The van der Waals surface area contributed by atoms with Gasteiger partial charge in [0.1, 0.15) is 33.4 Å². The Hall–Kier alpha value is -2.42. The Balaban J connectivity index is 1.57. The number of carbonyl (C=O) groups is 1. The van der Waals surface area contributed by atoms with E-state index in [0.29, 0.717) is 25.3 Å². The summed E-state index contributed by atoms with van der Waals surface area (Å²) in [6.45, 7) is 0.808. The SMILES string of the molecule is O=C1N(c2ccc(F)cc2)CCc2nc(COc3ccccc3)c(I)n21. The van der Waals surface area contributed by atoms with E-state index in [1.54, 1.807) is 21.6 Å². The standard InChI is InChI=1S/C19H15FIN3O2/c20-13-6-8-14(9-7-13)23-11-10-17-22-16(18(21)24(17)19(23)25)12-26-15-4-2-1-3-5-15/h1-9H,10-12H2. The molecule has 1 amide bonds. The third-order valence-electron chi connectivity index (χ3n) is 4.19. The molecule has 1 aliphatic rings. The monoisotopic (exact) mass is 463 g/mol. The quantitative estimate of drug-likeness (QED) is 0.545. The highest BCUT2D eigenvalue weighted by Gasteiger charge is 2.30. The van der Waals surface area contributed by atoms with Gasteiger partial charge in [0.05, 0.1) is 0 Å². The van der Waals surface area contributed by atoms with E-state index in [0.717, 1.165) is 21.0 Å². The Morgan fingerprint density at radius 1 is 1.12 bits per heavy atom. The number of anilines is 1. The first-order valence-electron chi connectivity index (χ1n) is 8.15. The molecule has 0 unspecified atom stereocenters. The zero-order chi connectivity index (χ0) is 18.1. The van der Waals surface area contributed by atoms with E-state index in [1.807, 2.05) is 30.3 Å². The zero-order valence-electron chi connectivity index (χ0n) is 13.7. The lowest BCUT2D eigenvalue weighted by Gasteiger charge is -2.27. The fourth-order valence-corrected chi connectivity index (χ4v) is 3.67. The van der Waals surface area contributed by atoms with Crippen molar-refractivity contribution in [1.82, 2.24) is 9.55 Å². The number of benzene rings is 2. The second kappa shape index (κ2) is 7.06. The number of aromatic nitrogens is 2. The molecule has 3 aromatic rings. The maximum absolute atomic E-state index is 13.1. The van der Waals surface area contributed by atoms with Crippen LogP contribution in [0, 0.1) is 9.52 Å². The van der Waals surface area contributed by atoms with Crippen molar-refractivity contribution < 1.29 is 13.9 Å². The molecular formula is C19H15FIN3O2. The lowest BCUT2D eigenvalue weighted by atomic mass is 10.2. The van der Waals surface area contributed by atoms with Crippen LogP contribution in [0.2, 0.25) is 0 Å². The van der Waals surface area contributed by atoms with Crippen LogP contribution < -0.4 is 9.64 Å². The first-order valence-corrected chi connectivity index (χ1v) is 9.22. The molecule has 1 aliphatic heterocycles. The highest BCUT2D eigenvalue weighted by molar-refractivity contribution is 14.1. The first kappa shape index (κ1) is 17.0. The van der Waals surface area contributed by atoms with Crippen molar-refractivity contribution in [2.24, 2.45) is 0 Å². The molecule has 0 bridgehead atoms. The molecule has 26 heavy (non-hydrogen) atoms. The lowest BCUT2D eigenvalue weighted by Crippen LogP contribution is -2.42. The normalized spacial score (nSPS) is 13.6. The number of amides is 1. The number of ether oxygens (including phenoxy) is 1. The van der Waals surface area contributed by atoms with Crippen LogP contribution in [0.15, 0.2) is 54.6 Å². The van der Waals surface area contributed by atoms with Gasteiger partial charge >= 0.3 is 6.03 Å². The second-order valence-corrected chi connectivity index (χ2v) is 6.89. The van der Waals surface area contributed by atoms with Crippen LogP contribution in [0.3, 0.4) is 0 Å². The molecule has 0 N–H and O–H groups in total. The summed E-state index contributed by atoms with van der Waals surface area (Å²) in [6.07, 6.45) is 0.629. The molecule has 132 valence electrons. The minimum Gasteiger partial charge on any atom is -0.487 e. The Kier molecular flexibility index (Phi) is 4.62.